The fourth-order valence-corrected chi connectivity index (χ4v) is 2.98. The molecule has 1 aromatic carbocycles. The second kappa shape index (κ2) is 5.13. The number of methoxy groups -OCH3 is 1. The van der Waals surface area contributed by atoms with E-state index in [1.54, 1.807) is 7.11 Å². The van der Waals surface area contributed by atoms with Crippen LogP contribution in [-0.4, -0.2) is 13.4 Å². The molecule has 1 aliphatic rings. The van der Waals surface area contributed by atoms with Gasteiger partial charge in [-0.2, -0.15) is 0 Å². The van der Waals surface area contributed by atoms with Crippen LogP contribution in [0.15, 0.2) is 18.2 Å². The molecule has 0 aromatic heterocycles. The van der Waals surface area contributed by atoms with Crippen molar-refractivity contribution in [3.05, 3.63) is 29.3 Å². The SMILES string of the molecule is COc1ccc(C2(C=O)CCCC2)cc1C(C)C. The van der Waals surface area contributed by atoms with E-state index >= 15 is 0 Å². The van der Waals surface area contributed by atoms with Crippen molar-refractivity contribution >= 4 is 6.29 Å². The summed E-state index contributed by atoms with van der Waals surface area (Å²) in [6.45, 7) is 4.31. The van der Waals surface area contributed by atoms with Gasteiger partial charge in [0.05, 0.1) is 12.5 Å². The Morgan fingerprint density at radius 1 is 1.28 bits per heavy atom. The Bertz CT molecular complexity index is 429. The van der Waals surface area contributed by atoms with Crippen LogP contribution >= 0.6 is 0 Å². The van der Waals surface area contributed by atoms with Crippen LogP contribution in [0.3, 0.4) is 0 Å². The average molecular weight is 246 g/mol. The van der Waals surface area contributed by atoms with E-state index in [9.17, 15) is 4.79 Å². The molecule has 1 saturated carbocycles. The van der Waals surface area contributed by atoms with Crippen molar-refractivity contribution < 1.29 is 9.53 Å². The third-order valence-electron chi connectivity index (χ3n) is 4.15. The minimum absolute atomic E-state index is 0.240. The van der Waals surface area contributed by atoms with Crippen LogP contribution in [0.4, 0.5) is 0 Å². The molecule has 0 amide bonds. The molecule has 0 N–H and O–H groups in total. The lowest BCUT2D eigenvalue weighted by molar-refractivity contribution is -0.112. The Morgan fingerprint density at radius 3 is 2.44 bits per heavy atom. The average Bonchev–Trinajstić information content (AvgIpc) is 2.87. The Morgan fingerprint density at radius 2 is 1.94 bits per heavy atom. The van der Waals surface area contributed by atoms with E-state index in [1.807, 2.05) is 6.07 Å². The maximum absolute atomic E-state index is 11.5. The van der Waals surface area contributed by atoms with Crippen LogP contribution in [0.25, 0.3) is 0 Å². The summed E-state index contributed by atoms with van der Waals surface area (Å²) in [5, 5.41) is 0. The molecule has 0 bridgehead atoms. The summed E-state index contributed by atoms with van der Waals surface area (Å²) in [4.78, 5) is 11.5. The van der Waals surface area contributed by atoms with Crippen molar-refractivity contribution in [2.24, 2.45) is 0 Å². The molecule has 0 heterocycles. The second-order valence-electron chi connectivity index (χ2n) is 5.59. The minimum atomic E-state index is -0.240. The fraction of sp³-hybridized carbons (Fsp3) is 0.562. The summed E-state index contributed by atoms with van der Waals surface area (Å²) in [6, 6.07) is 6.24. The molecule has 2 rings (SSSR count). The monoisotopic (exact) mass is 246 g/mol. The molecule has 0 aliphatic heterocycles. The van der Waals surface area contributed by atoms with Gasteiger partial charge in [-0.25, -0.2) is 0 Å². The third kappa shape index (κ3) is 2.16. The zero-order valence-electron chi connectivity index (χ0n) is 11.5. The van der Waals surface area contributed by atoms with E-state index in [0.717, 1.165) is 37.7 Å². The number of carbonyl (C=O) groups excluding carboxylic acids is 1. The molecular weight excluding hydrogens is 224 g/mol. The topological polar surface area (TPSA) is 26.3 Å². The Hall–Kier alpha value is -1.31. The first-order valence-corrected chi connectivity index (χ1v) is 6.78. The Kier molecular flexibility index (Phi) is 3.74. The zero-order chi connectivity index (χ0) is 13.2. The smallest absolute Gasteiger partial charge is 0.130 e. The van der Waals surface area contributed by atoms with Gasteiger partial charge in [-0.05, 0) is 36.0 Å². The van der Waals surface area contributed by atoms with Gasteiger partial charge >= 0.3 is 0 Å². The molecule has 0 radical (unpaired) electrons. The van der Waals surface area contributed by atoms with Crippen molar-refractivity contribution in [3.8, 4) is 5.75 Å². The molecule has 1 aliphatic carbocycles. The van der Waals surface area contributed by atoms with Crippen molar-refractivity contribution in [2.45, 2.75) is 50.9 Å². The minimum Gasteiger partial charge on any atom is -0.496 e. The summed E-state index contributed by atoms with van der Waals surface area (Å²) < 4.78 is 5.40. The lowest BCUT2D eigenvalue weighted by atomic mass is 9.79. The maximum atomic E-state index is 11.5. The molecule has 0 unspecified atom stereocenters. The third-order valence-corrected chi connectivity index (χ3v) is 4.15. The first kappa shape index (κ1) is 13.1. The van der Waals surface area contributed by atoms with Crippen molar-refractivity contribution in [2.75, 3.05) is 7.11 Å². The highest BCUT2D eigenvalue weighted by Crippen LogP contribution is 2.41. The number of hydrogen-bond acceptors (Lipinski definition) is 2. The van der Waals surface area contributed by atoms with E-state index in [2.05, 4.69) is 26.0 Å². The van der Waals surface area contributed by atoms with Gasteiger partial charge < -0.3 is 9.53 Å². The lowest BCUT2D eigenvalue weighted by Crippen LogP contribution is -2.24. The molecule has 0 saturated heterocycles. The lowest BCUT2D eigenvalue weighted by Gasteiger charge is -2.24. The number of ether oxygens (including phenoxy) is 1. The second-order valence-corrected chi connectivity index (χ2v) is 5.59. The first-order chi connectivity index (χ1) is 8.63. The molecule has 98 valence electrons. The Labute approximate surface area is 109 Å². The van der Waals surface area contributed by atoms with Gasteiger partial charge in [-0.3, -0.25) is 0 Å². The summed E-state index contributed by atoms with van der Waals surface area (Å²) in [7, 11) is 1.70. The van der Waals surface area contributed by atoms with Crippen LogP contribution in [0.5, 0.6) is 5.75 Å². The van der Waals surface area contributed by atoms with E-state index in [4.69, 9.17) is 4.74 Å². The summed E-state index contributed by atoms with van der Waals surface area (Å²) in [5.41, 5.74) is 2.12. The quantitative estimate of drug-likeness (QED) is 0.755. The zero-order valence-corrected chi connectivity index (χ0v) is 11.5. The van der Waals surface area contributed by atoms with Crippen molar-refractivity contribution in [1.82, 2.24) is 0 Å². The number of rotatable bonds is 4. The highest BCUT2D eigenvalue weighted by molar-refractivity contribution is 5.69. The number of hydrogen-bond donors (Lipinski definition) is 0. The standard InChI is InChI=1S/C16H22O2/c1-12(2)14-10-13(6-7-15(14)18-3)16(11-17)8-4-5-9-16/h6-7,10-12H,4-5,8-9H2,1-3H3. The molecule has 0 atom stereocenters. The van der Waals surface area contributed by atoms with Gasteiger partial charge in [0.25, 0.3) is 0 Å². The Balaban J connectivity index is 2.45. The molecule has 2 nitrogen and oxygen atoms in total. The fourth-order valence-electron chi connectivity index (χ4n) is 2.98. The molecule has 2 heteroatoms. The van der Waals surface area contributed by atoms with Gasteiger partial charge in [0.1, 0.15) is 12.0 Å². The number of carbonyl (C=O) groups is 1. The number of benzene rings is 1. The van der Waals surface area contributed by atoms with E-state index in [1.165, 1.54) is 11.1 Å². The van der Waals surface area contributed by atoms with Gasteiger partial charge in [0.2, 0.25) is 0 Å². The molecule has 18 heavy (non-hydrogen) atoms. The van der Waals surface area contributed by atoms with Crippen molar-refractivity contribution in [3.63, 3.8) is 0 Å². The first-order valence-electron chi connectivity index (χ1n) is 6.78. The van der Waals surface area contributed by atoms with Gasteiger partial charge in [-0.1, -0.05) is 38.8 Å². The molecule has 1 aromatic rings. The highest BCUT2D eigenvalue weighted by atomic mass is 16.5. The van der Waals surface area contributed by atoms with Gasteiger partial charge in [-0.15, -0.1) is 0 Å². The summed E-state index contributed by atoms with van der Waals surface area (Å²) in [6.07, 6.45) is 5.44. The molecule has 1 fully saturated rings. The van der Waals surface area contributed by atoms with Gasteiger partial charge in [0, 0.05) is 0 Å². The predicted molar refractivity (Wildman–Crippen MR) is 73.3 cm³/mol. The van der Waals surface area contributed by atoms with Gasteiger partial charge in [0.15, 0.2) is 0 Å². The largest absolute Gasteiger partial charge is 0.496 e. The van der Waals surface area contributed by atoms with E-state index in [0.29, 0.717) is 5.92 Å². The molecular formula is C16H22O2. The number of aldehydes is 1. The van der Waals surface area contributed by atoms with E-state index in [-0.39, 0.29) is 5.41 Å². The summed E-state index contributed by atoms with van der Waals surface area (Å²) in [5.74, 6) is 1.33. The van der Waals surface area contributed by atoms with Crippen LogP contribution in [0, 0.1) is 0 Å². The predicted octanol–water partition coefficient (Wildman–Crippen LogP) is 3.83. The van der Waals surface area contributed by atoms with Crippen LogP contribution < -0.4 is 4.74 Å². The van der Waals surface area contributed by atoms with E-state index < -0.39 is 0 Å². The van der Waals surface area contributed by atoms with Crippen LogP contribution in [0.2, 0.25) is 0 Å². The maximum Gasteiger partial charge on any atom is 0.130 e. The van der Waals surface area contributed by atoms with Crippen LogP contribution in [-0.2, 0) is 10.2 Å². The van der Waals surface area contributed by atoms with Crippen molar-refractivity contribution in [1.29, 1.82) is 0 Å². The molecule has 0 spiro atoms. The highest BCUT2D eigenvalue weighted by Gasteiger charge is 2.35. The summed E-state index contributed by atoms with van der Waals surface area (Å²) >= 11 is 0. The normalized spacial score (nSPS) is 18.0. The van der Waals surface area contributed by atoms with Crippen LogP contribution in [0.1, 0.15) is 56.6 Å².